The summed E-state index contributed by atoms with van der Waals surface area (Å²) in [6.45, 7) is 10.4. The molecule has 0 saturated carbocycles. The molecule has 0 N–H and O–H groups in total. The standard InChI is InChI=1S/C17H24BF2NO3/c1-16(2)17(3,4)24-18(23-16)14-11-12(5-6-13(14)15(19)20)21-7-9-22-10-8-21/h5-6,11,15H,7-10H2,1-4H3. The summed E-state index contributed by atoms with van der Waals surface area (Å²) in [5.41, 5.74) is 0.142. The topological polar surface area (TPSA) is 30.9 Å². The van der Waals surface area contributed by atoms with E-state index in [1.54, 1.807) is 12.1 Å². The summed E-state index contributed by atoms with van der Waals surface area (Å²) in [6, 6.07) is 4.99. The van der Waals surface area contributed by atoms with E-state index in [9.17, 15) is 8.78 Å². The van der Waals surface area contributed by atoms with Crippen molar-refractivity contribution in [2.45, 2.75) is 45.3 Å². The molecule has 0 spiro atoms. The van der Waals surface area contributed by atoms with Crippen molar-refractivity contribution in [1.29, 1.82) is 0 Å². The maximum absolute atomic E-state index is 13.5. The van der Waals surface area contributed by atoms with Gasteiger partial charge in [0.25, 0.3) is 6.43 Å². The fourth-order valence-electron chi connectivity index (χ4n) is 2.95. The van der Waals surface area contributed by atoms with E-state index in [0.717, 1.165) is 18.8 Å². The Morgan fingerprint density at radius 2 is 1.62 bits per heavy atom. The van der Waals surface area contributed by atoms with Crippen LogP contribution in [0.5, 0.6) is 0 Å². The molecule has 0 aromatic heterocycles. The van der Waals surface area contributed by atoms with Gasteiger partial charge in [-0.3, -0.25) is 0 Å². The lowest BCUT2D eigenvalue weighted by molar-refractivity contribution is 0.00578. The molecule has 2 aliphatic heterocycles. The van der Waals surface area contributed by atoms with Crippen LogP contribution in [0.25, 0.3) is 0 Å². The summed E-state index contributed by atoms with van der Waals surface area (Å²) in [7, 11) is -0.792. The molecule has 2 fully saturated rings. The van der Waals surface area contributed by atoms with E-state index >= 15 is 0 Å². The number of alkyl halides is 2. The van der Waals surface area contributed by atoms with Crippen LogP contribution >= 0.6 is 0 Å². The summed E-state index contributed by atoms with van der Waals surface area (Å²) < 4.78 is 44.3. The van der Waals surface area contributed by atoms with E-state index < -0.39 is 24.7 Å². The molecule has 7 heteroatoms. The average molecular weight is 339 g/mol. The normalized spacial score (nSPS) is 23.1. The quantitative estimate of drug-likeness (QED) is 0.793. The van der Waals surface area contributed by atoms with Crippen LogP contribution in [0.4, 0.5) is 14.5 Å². The monoisotopic (exact) mass is 339 g/mol. The predicted molar refractivity (Wildman–Crippen MR) is 90.1 cm³/mol. The zero-order chi connectivity index (χ0) is 17.5. The fourth-order valence-corrected chi connectivity index (χ4v) is 2.95. The number of hydrogen-bond donors (Lipinski definition) is 0. The van der Waals surface area contributed by atoms with Crippen LogP contribution in [0.1, 0.15) is 39.7 Å². The second-order valence-corrected chi connectivity index (χ2v) is 7.30. The van der Waals surface area contributed by atoms with Crippen LogP contribution in [0.15, 0.2) is 18.2 Å². The van der Waals surface area contributed by atoms with Gasteiger partial charge in [-0.2, -0.15) is 0 Å². The first-order valence-corrected chi connectivity index (χ1v) is 8.31. The van der Waals surface area contributed by atoms with Gasteiger partial charge in [0.1, 0.15) is 0 Å². The minimum Gasteiger partial charge on any atom is -0.399 e. The molecule has 0 atom stereocenters. The smallest absolute Gasteiger partial charge is 0.399 e. The molecule has 1 aromatic rings. The van der Waals surface area contributed by atoms with Gasteiger partial charge in [0.15, 0.2) is 0 Å². The number of anilines is 1. The molecule has 2 heterocycles. The van der Waals surface area contributed by atoms with Crippen molar-refractivity contribution in [3.63, 3.8) is 0 Å². The lowest BCUT2D eigenvalue weighted by Gasteiger charge is -2.32. The van der Waals surface area contributed by atoms with Gasteiger partial charge in [-0.15, -0.1) is 0 Å². The third-order valence-electron chi connectivity index (χ3n) is 5.19. The Hall–Kier alpha value is -1.18. The minimum atomic E-state index is -2.57. The molecule has 1 aromatic carbocycles. The molecule has 0 aliphatic carbocycles. The fraction of sp³-hybridized carbons (Fsp3) is 0.647. The first kappa shape index (κ1) is 17.6. The summed E-state index contributed by atoms with van der Waals surface area (Å²) in [5, 5.41) is 0. The highest BCUT2D eigenvalue weighted by Crippen LogP contribution is 2.37. The van der Waals surface area contributed by atoms with Crippen LogP contribution in [0.2, 0.25) is 0 Å². The SMILES string of the molecule is CC1(C)OB(c2cc(N3CCOCC3)ccc2C(F)F)OC1(C)C. The van der Waals surface area contributed by atoms with Gasteiger partial charge in [-0.1, -0.05) is 6.07 Å². The Balaban J connectivity index is 1.95. The molecule has 0 bridgehead atoms. The zero-order valence-electron chi connectivity index (χ0n) is 14.6. The maximum atomic E-state index is 13.5. The Labute approximate surface area is 142 Å². The molecular weight excluding hydrogens is 315 g/mol. The first-order valence-electron chi connectivity index (χ1n) is 8.31. The van der Waals surface area contributed by atoms with Crippen LogP contribution in [0.3, 0.4) is 0 Å². The van der Waals surface area contributed by atoms with Gasteiger partial charge in [0.2, 0.25) is 0 Å². The van der Waals surface area contributed by atoms with Gasteiger partial charge < -0.3 is 18.9 Å². The minimum absolute atomic E-state index is 0.0366. The van der Waals surface area contributed by atoms with Crippen molar-refractivity contribution in [2.24, 2.45) is 0 Å². The Bertz CT molecular complexity index is 587. The summed E-state index contributed by atoms with van der Waals surface area (Å²) in [5.74, 6) is 0. The highest BCUT2D eigenvalue weighted by atomic mass is 19.3. The van der Waals surface area contributed by atoms with Crippen molar-refractivity contribution in [3.8, 4) is 0 Å². The largest absolute Gasteiger partial charge is 0.495 e. The predicted octanol–water partition coefficient (Wildman–Crippen LogP) is 2.76. The van der Waals surface area contributed by atoms with Crippen molar-refractivity contribution in [1.82, 2.24) is 0 Å². The number of benzene rings is 1. The Morgan fingerprint density at radius 1 is 1.04 bits per heavy atom. The number of hydrogen-bond acceptors (Lipinski definition) is 4. The lowest BCUT2D eigenvalue weighted by Crippen LogP contribution is -2.41. The van der Waals surface area contributed by atoms with E-state index in [-0.39, 0.29) is 5.56 Å². The number of ether oxygens (including phenoxy) is 1. The Kier molecular flexibility index (Phi) is 4.62. The molecule has 0 amide bonds. The van der Waals surface area contributed by atoms with Crippen molar-refractivity contribution >= 4 is 18.3 Å². The van der Waals surface area contributed by atoms with E-state index in [4.69, 9.17) is 14.0 Å². The highest BCUT2D eigenvalue weighted by molar-refractivity contribution is 6.62. The molecule has 0 unspecified atom stereocenters. The van der Waals surface area contributed by atoms with Gasteiger partial charge in [-0.05, 0) is 45.3 Å². The zero-order valence-corrected chi connectivity index (χ0v) is 14.6. The number of morpholine rings is 1. The van der Waals surface area contributed by atoms with Gasteiger partial charge >= 0.3 is 7.12 Å². The van der Waals surface area contributed by atoms with E-state index in [0.29, 0.717) is 18.7 Å². The molecule has 132 valence electrons. The average Bonchev–Trinajstić information content (AvgIpc) is 2.75. The molecule has 24 heavy (non-hydrogen) atoms. The highest BCUT2D eigenvalue weighted by Gasteiger charge is 2.52. The number of halogens is 2. The maximum Gasteiger partial charge on any atom is 0.495 e. The summed E-state index contributed by atoms with van der Waals surface area (Å²) in [6.07, 6.45) is -2.57. The van der Waals surface area contributed by atoms with Gasteiger partial charge in [0, 0.05) is 24.3 Å². The summed E-state index contributed by atoms with van der Waals surface area (Å²) in [4.78, 5) is 2.13. The lowest BCUT2D eigenvalue weighted by atomic mass is 9.75. The van der Waals surface area contributed by atoms with E-state index in [2.05, 4.69) is 4.90 Å². The van der Waals surface area contributed by atoms with E-state index in [1.807, 2.05) is 27.7 Å². The van der Waals surface area contributed by atoms with Crippen LogP contribution in [0, 0.1) is 0 Å². The second kappa shape index (κ2) is 6.28. The molecule has 0 radical (unpaired) electrons. The van der Waals surface area contributed by atoms with Gasteiger partial charge in [-0.25, -0.2) is 8.78 Å². The van der Waals surface area contributed by atoms with E-state index in [1.165, 1.54) is 6.07 Å². The summed E-state index contributed by atoms with van der Waals surface area (Å²) >= 11 is 0. The van der Waals surface area contributed by atoms with Crippen molar-refractivity contribution < 1.29 is 22.8 Å². The molecule has 4 nitrogen and oxygen atoms in total. The second-order valence-electron chi connectivity index (χ2n) is 7.30. The molecule has 2 aliphatic rings. The van der Waals surface area contributed by atoms with Crippen molar-refractivity contribution in [2.75, 3.05) is 31.2 Å². The van der Waals surface area contributed by atoms with Crippen LogP contribution < -0.4 is 10.4 Å². The third-order valence-corrected chi connectivity index (χ3v) is 5.19. The first-order chi connectivity index (χ1) is 11.2. The Morgan fingerprint density at radius 3 is 2.17 bits per heavy atom. The van der Waals surface area contributed by atoms with Crippen LogP contribution in [-0.2, 0) is 14.0 Å². The molecule has 2 saturated heterocycles. The number of nitrogens with zero attached hydrogens (tertiary/aromatic N) is 1. The molecular formula is C17H24BF2NO3. The number of rotatable bonds is 3. The third kappa shape index (κ3) is 3.17. The molecule has 3 rings (SSSR count). The van der Waals surface area contributed by atoms with Gasteiger partial charge in [0.05, 0.1) is 24.4 Å². The van der Waals surface area contributed by atoms with Crippen molar-refractivity contribution in [3.05, 3.63) is 23.8 Å². The van der Waals surface area contributed by atoms with Crippen LogP contribution in [-0.4, -0.2) is 44.6 Å².